The van der Waals surface area contributed by atoms with Crippen molar-refractivity contribution in [2.75, 3.05) is 61.4 Å². The van der Waals surface area contributed by atoms with Crippen LogP contribution in [0.5, 0.6) is 5.75 Å². The van der Waals surface area contributed by atoms with Gasteiger partial charge in [-0.2, -0.15) is 0 Å². The molecule has 1 heterocycles. The Morgan fingerprint density at radius 3 is 2.17 bits per heavy atom. The summed E-state index contributed by atoms with van der Waals surface area (Å²) in [6.45, 7) is 2.72. The number of amides is 4. The molecule has 4 bridgehead atoms. The molecule has 1 aliphatic rings. The molecular weight excluding hydrogens is 674 g/mol. The zero-order valence-corrected chi connectivity index (χ0v) is 32.2. The Bertz CT molecular complexity index is 1460. The Balaban J connectivity index is 1.92. The molecule has 0 saturated heterocycles. The fourth-order valence-corrected chi connectivity index (χ4v) is 6.55. The van der Waals surface area contributed by atoms with Crippen LogP contribution in [-0.2, 0) is 32.0 Å². The summed E-state index contributed by atoms with van der Waals surface area (Å²) in [4.78, 5) is 55.0. The second-order valence-corrected chi connectivity index (χ2v) is 13.9. The summed E-state index contributed by atoms with van der Waals surface area (Å²) in [6.07, 6.45) is 4.59. The predicted molar refractivity (Wildman–Crippen MR) is 210 cm³/mol. The topological polar surface area (TPSA) is 197 Å². The second kappa shape index (κ2) is 23.6. The normalized spacial score (nSPS) is 18.8. The van der Waals surface area contributed by atoms with Crippen LogP contribution in [0.25, 0.3) is 11.1 Å². The van der Waals surface area contributed by atoms with Crippen LogP contribution < -0.4 is 47.9 Å². The number of fused-ring (bicyclic) bond motifs is 5. The number of benzene rings is 2. The largest absolute Gasteiger partial charge is 0.508 e. The fraction of sp³-hybridized carbons (Fsp3) is 0.590. The molecule has 5 atom stereocenters. The summed E-state index contributed by atoms with van der Waals surface area (Å²) in [7, 11) is 9.14. The van der Waals surface area contributed by atoms with Gasteiger partial charge in [-0.15, -0.1) is 0 Å². The van der Waals surface area contributed by atoms with Crippen LogP contribution in [0.1, 0.15) is 56.1 Å². The molecule has 14 heteroatoms. The zero-order chi connectivity index (χ0) is 38.6. The molecule has 0 unspecified atom stereocenters. The highest BCUT2D eigenvalue weighted by atomic mass is 16.3. The summed E-state index contributed by atoms with van der Waals surface area (Å²) >= 11 is 0. The maximum atomic E-state index is 14.2. The van der Waals surface area contributed by atoms with Gasteiger partial charge in [0.1, 0.15) is 17.8 Å². The van der Waals surface area contributed by atoms with Crippen molar-refractivity contribution in [1.29, 1.82) is 0 Å². The van der Waals surface area contributed by atoms with Crippen LogP contribution in [-0.4, -0.2) is 120 Å². The average molecular weight is 738 g/mol. The maximum Gasteiger partial charge on any atom is 0.243 e. The highest BCUT2D eigenvalue weighted by molar-refractivity contribution is 5.93. The lowest BCUT2D eigenvalue weighted by Crippen LogP contribution is -2.57. The number of rotatable bonds is 20. The third-order valence-corrected chi connectivity index (χ3v) is 9.74. The van der Waals surface area contributed by atoms with Gasteiger partial charge in [-0.1, -0.05) is 30.3 Å². The summed E-state index contributed by atoms with van der Waals surface area (Å²) in [5.41, 5.74) is 3.12. The quantitative estimate of drug-likeness (QED) is 0.0845. The third-order valence-electron chi connectivity index (χ3n) is 9.74. The number of phenolic OH excluding ortho intramolecular Hbond substituents is 1. The van der Waals surface area contributed by atoms with E-state index >= 15 is 0 Å². The number of phenols is 1. The molecule has 14 nitrogen and oxygen atoms in total. The molecule has 10 N–H and O–H groups in total. The molecule has 294 valence electrons. The highest BCUT2D eigenvalue weighted by Crippen LogP contribution is 2.28. The van der Waals surface area contributed by atoms with Crippen molar-refractivity contribution < 1.29 is 24.3 Å². The number of nitrogens with one attached hydrogen (secondary N) is 9. The molecule has 2 aromatic carbocycles. The standard InChI is InChI=1S/C39H63N9O5/c1-40-17-7-12-30(24-36(50)45-25-31(43-4)13-8-18-41-2)46-39(53)34-21-26-10-6-11-27(20-26)28-15-16-35(49)29(22-28)23-33(44-5)38(52)47-32(37(51)48-34)14-9-19-42-3/h6,10-11,15-16,20,22,30-34,40-44,49H,7-9,12-14,17-19,21,23-25H2,1-5H3,(H,45,50)(H,46,53)(H,47,52)(H,48,51)/t30-,31-,32-,33-,34-/m0/s1. The first kappa shape index (κ1) is 43.3. The second-order valence-electron chi connectivity index (χ2n) is 13.9. The Hall–Kier alpha value is -4.08. The van der Waals surface area contributed by atoms with Crippen LogP contribution in [0, 0.1) is 0 Å². The SMILES string of the molecule is CNCCC[C@@H](CNC(=O)C[C@H](CCCNC)NC(=O)[C@@H]1Cc2cccc(c2)-c2ccc(O)c(c2)C[C@H](NC)C(=O)N[C@@H](CCCNC)C(=O)N1)NC. The van der Waals surface area contributed by atoms with Crippen molar-refractivity contribution in [3.8, 4) is 16.9 Å². The minimum absolute atomic E-state index is 0.0756. The molecule has 0 spiro atoms. The summed E-state index contributed by atoms with van der Waals surface area (Å²) in [6, 6.07) is 10.1. The fourth-order valence-electron chi connectivity index (χ4n) is 6.55. The first-order valence-corrected chi connectivity index (χ1v) is 19.0. The summed E-state index contributed by atoms with van der Waals surface area (Å²) in [5.74, 6) is -1.36. The van der Waals surface area contributed by atoms with Crippen molar-refractivity contribution in [3.05, 3.63) is 53.6 Å². The van der Waals surface area contributed by atoms with Crippen LogP contribution in [0.4, 0.5) is 0 Å². The van der Waals surface area contributed by atoms with E-state index in [-0.39, 0.29) is 37.0 Å². The summed E-state index contributed by atoms with van der Waals surface area (Å²) in [5, 5.41) is 38.4. The minimum atomic E-state index is -0.988. The van der Waals surface area contributed by atoms with E-state index in [0.717, 1.165) is 49.0 Å². The maximum absolute atomic E-state index is 14.2. The number of carbonyl (C=O) groups excluding carboxylic acids is 4. The number of aromatic hydroxyl groups is 1. The zero-order valence-electron chi connectivity index (χ0n) is 32.2. The van der Waals surface area contributed by atoms with Crippen molar-refractivity contribution in [2.45, 2.75) is 88.0 Å². The summed E-state index contributed by atoms with van der Waals surface area (Å²) < 4.78 is 0. The third kappa shape index (κ3) is 14.7. The van der Waals surface area contributed by atoms with Crippen molar-refractivity contribution in [2.24, 2.45) is 0 Å². The van der Waals surface area contributed by atoms with Crippen molar-refractivity contribution in [3.63, 3.8) is 0 Å². The van der Waals surface area contributed by atoms with Gasteiger partial charge in [0.25, 0.3) is 0 Å². The van der Waals surface area contributed by atoms with E-state index in [2.05, 4.69) is 47.9 Å². The van der Waals surface area contributed by atoms with E-state index in [0.29, 0.717) is 37.9 Å². The average Bonchev–Trinajstić information content (AvgIpc) is 3.15. The molecule has 2 aromatic rings. The van der Waals surface area contributed by atoms with Crippen LogP contribution in [0.3, 0.4) is 0 Å². The molecule has 0 radical (unpaired) electrons. The van der Waals surface area contributed by atoms with Crippen LogP contribution in [0.2, 0.25) is 0 Å². The molecular formula is C39H63N9O5. The van der Waals surface area contributed by atoms with Gasteiger partial charge in [-0.05, 0) is 128 Å². The first-order valence-electron chi connectivity index (χ1n) is 19.0. The van der Waals surface area contributed by atoms with E-state index in [4.69, 9.17) is 0 Å². The lowest BCUT2D eigenvalue weighted by Gasteiger charge is -2.27. The van der Waals surface area contributed by atoms with E-state index in [1.54, 1.807) is 13.1 Å². The van der Waals surface area contributed by atoms with Gasteiger partial charge in [-0.25, -0.2) is 0 Å². The van der Waals surface area contributed by atoms with E-state index < -0.39 is 41.9 Å². The molecule has 4 amide bonds. The molecule has 53 heavy (non-hydrogen) atoms. The number of likely N-dealkylation sites (N-methyl/N-ethyl adjacent to an activating group) is 2. The smallest absolute Gasteiger partial charge is 0.243 e. The number of hydrogen-bond donors (Lipinski definition) is 10. The lowest BCUT2D eigenvalue weighted by atomic mass is 9.95. The van der Waals surface area contributed by atoms with Crippen molar-refractivity contribution >= 4 is 23.6 Å². The monoisotopic (exact) mass is 737 g/mol. The highest BCUT2D eigenvalue weighted by Gasteiger charge is 2.31. The molecule has 0 fully saturated rings. The molecule has 3 rings (SSSR count). The molecule has 1 aliphatic heterocycles. The van der Waals surface area contributed by atoms with E-state index in [1.807, 2.05) is 64.6 Å². The lowest BCUT2D eigenvalue weighted by molar-refractivity contribution is -0.133. The predicted octanol–water partition coefficient (Wildman–Crippen LogP) is 0.293. The van der Waals surface area contributed by atoms with E-state index in [1.165, 1.54) is 0 Å². The van der Waals surface area contributed by atoms with Crippen LogP contribution in [0.15, 0.2) is 42.5 Å². The minimum Gasteiger partial charge on any atom is -0.508 e. The Morgan fingerprint density at radius 1 is 0.811 bits per heavy atom. The van der Waals surface area contributed by atoms with Gasteiger partial charge >= 0.3 is 0 Å². The Labute approximate surface area is 315 Å². The number of hydrogen-bond acceptors (Lipinski definition) is 10. The van der Waals surface area contributed by atoms with Gasteiger partial charge in [0.15, 0.2) is 0 Å². The van der Waals surface area contributed by atoms with Crippen LogP contribution >= 0.6 is 0 Å². The van der Waals surface area contributed by atoms with E-state index in [9.17, 15) is 24.3 Å². The van der Waals surface area contributed by atoms with Crippen molar-refractivity contribution in [1.82, 2.24) is 47.9 Å². The van der Waals surface area contributed by atoms with Gasteiger partial charge in [0, 0.05) is 37.9 Å². The van der Waals surface area contributed by atoms with Gasteiger partial charge in [0.05, 0.1) is 6.04 Å². The number of carbonyl (C=O) groups is 4. The molecule has 0 aliphatic carbocycles. The van der Waals surface area contributed by atoms with Gasteiger partial charge in [0.2, 0.25) is 23.6 Å². The molecule has 0 aromatic heterocycles. The Kier molecular flexibility index (Phi) is 19.3. The molecule has 0 saturated carbocycles. The first-order chi connectivity index (χ1) is 25.6. The van der Waals surface area contributed by atoms with Gasteiger partial charge in [-0.3, -0.25) is 19.2 Å². The Morgan fingerprint density at radius 2 is 1.49 bits per heavy atom. The van der Waals surface area contributed by atoms with Gasteiger partial charge < -0.3 is 53.0 Å².